The topological polar surface area (TPSA) is 46.1 Å². The molecule has 3 heterocycles. The summed E-state index contributed by atoms with van der Waals surface area (Å²) in [6, 6.07) is 13.8. The van der Waals surface area contributed by atoms with Crippen LogP contribution in [0.3, 0.4) is 0 Å². The van der Waals surface area contributed by atoms with E-state index in [1.807, 2.05) is 37.3 Å². The molecule has 4 rings (SSSR count). The van der Waals surface area contributed by atoms with Crippen molar-refractivity contribution in [3.8, 4) is 0 Å². The molecule has 0 fully saturated rings. The van der Waals surface area contributed by atoms with Crippen molar-refractivity contribution in [2.24, 2.45) is 0 Å². The van der Waals surface area contributed by atoms with E-state index in [9.17, 15) is 18.0 Å². The molecule has 0 N–H and O–H groups in total. The maximum Gasteiger partial charge on any atom is 0.433 e. The Morgan fingerprint density at radius 1 is 1.03 bits per heavy atom. The lowest BCUT2D eigenvalue weighted by atomic mass is 10.1. The first kappa shape index (κ1) is 22.0. The fraction of sp³-hybridized carbons (Fsp3) is 0.208. The molecule has 4 nitrogen and oxygen atoms in total. The number of benzene rings is 1. The summed E-state index contributed by atoms with van der Waals surface area (Å²) < 4.78 is 39.3. The van der Waals surface area contributed by atoms with Gasteiger partial charge in [-0.2, -0.15) is 13.2 Å². The SMILES string of the molecule is Cc1ccccc1CN(Cc1cccnc1)C(=O)c1sc2nc(C(F)(F)F)ccc2c1C. The second-order valence-electron chi connectivity index (χ2n) is 7.55. The maximum atomic E-state index is 13.6. The van der Waals surface area contributed by atoms with Crippen LogP contribution in [0.5, 0.6) is 0 Å². The van der Waals surface area contributed by atoms with Gasteiger partial charge in [-0.25, -0.2) is 4.98 Å². The molecule has 0 aliphatic heterocycles. The molecule has 3 aromatic heterocycles. The highest BCUT2D eigenvalue weighted by molar-refractivity contribution is 7.20. The Labute approximate surface area is 187 Å². The smallest absolute Gasteiger partial charge is 0.329 e. The van der Waals surface area contributed by atoms with Crippen molar-refractivity contribution < 1.29 is 18.0 Å². The molecule has 0 aliphatic carbocycles. The number of rotatable bonds is 5. The van der Waals surface area contributed by atoms with Gasteiger partial charge in [0.1, 0.15) is 10.5 Å². The lowest BCUT2D eigenvalue weighted by molar-refractivity contribution is -0.140. The van der Waals surface area contributed by atoms with Gasteiger partial charge in [-0.1, -0.05) is 30.3 Å². The Hall–Kier alpha value is -3.26. The Bertz CT molecular complexity index is 1270. The van der Waals surface area contributed by atoms with E-state index in [0.717, 1.165) is 34.1 Å². The normalized spacial score (nSPS) is 11.7. The molecule has 164 valence electrons. The number of carbonyl (C=O) groups is 1. The minimum atomic E-state index is -4.53. The number of hydrogen-bond acceptors (Lipinski definition) is 4. The predicted octanol–water partition coefficient (Wildman–Crippen LogP) is 6.17. The van der Waals surface area contributed by atoms with E-state index in [1.165, 1.54) is 6.07 Å². The Balaban J connectivity index is 1.73. The third-order valence-electron chi connectivity index (χ3n) is 5.29. The van der Waals surface area contributed by atoms with Crippen LogP contribution in [0.15, 0.2) is 60.9 Å². The van der Waals surface area contributed by atoms with Crippen LogP contribution in [0, 0.1) is 13.8 Å². The zero-order chi connectivity index (χ0) is 22.9. The molecule has 0 aliphatic rings. The van der Waals surface area contributed by atoms with Crippen LogP contribution in [0.25, 0.3) is 10.2 Å². The minimum absolute atomic E-state index is 0.206. The zero-order valence-corrected chi connectivity index (χ0v) is 18.3. The van der Waals surface area contributed by atoms with Crippen molar-refractivity contribution in [1.82, 2.24) is 14.9 Å². The molecule has 32 heavy (non-hydrogen) atoms. The number of carbonyl (C=O) groups excluding carboxylic acids is 1. The van der Waals surface area contributed by atoms with Crippen LogP contribution in [-0.4, -0.2) is 20.8 Å². The summed E-state index contributed by atoms with van der Waals surface area (Å²) in [5.74, 6) is -0.244. The quantitative estimate of drug-likeness (QED) is 0.362. The molecule has 0 atom stereocenters. The van der Waals surface area contributed by atoms with E-state index in [1.54, 1.807) is 30.3 Å². The number of thiophene rings is 1. The number of aryl methyl sites for hydroxylation is 2. The molecule has 0 spiro atoms. The van der Waals surface area contributed by atoms with Crippen LogP contribution in [0.2, 0.25) is 0 Å². The summed E-state index contributed by atoms with van der Waals surface area (Å²) in [5, 5.41) is 0.559. The van der Waals surface area contributed by atoms with Crippen molar-refractivity contribution in [2.45, 2.75) is 33.1 Å². The second kappa shape index (κ2) is 8.70. The van der Waals surface area contributed by atoms with Gasteiger partial charge in [0.2, 0.25) is 0 Å². The lowest BCUT2D eigenvalue weighted by Gasteiger charge is -2.23. The number of aromatic nitrogens is 2. The predicted molar refractivity (Wildman–Crippen MR) is 118 cm³/mol. The fourth-order valence-corrected chi connectivity index (χ4v) is 4.66. The molecule has 0 bridgehead atoms. The summed E-state index contributed by atoms with van der Waals surface area (Å²) in [6.07, 6.45) is -1.17. The number of alkyl halides is 3. The number of halogens is 3. The third kappa shape index (κ3) is 4.50. The van der Waals surface area contributed by atoms with Gasteiger partial charge in [-0.3, -0.25) is 9.78 Å². The molecule has 0 unspecified atom stereocenters. The maximum absolute atomic E-state index is 13.6. The number of pyridine rings is 2. The summed E-state index contributed by atoms with van der Waals surface area (Å²) >= 11 is 0.998. The largest absolute Gasteiger partial charge is 0.433 e. The molecular formula is C24H20F3N3OS. The number of amides is 1. The highest BCUT2D eigenvalue weighted by Crippen LogP contribution is 2.35. The third-order valence-corrected chi connectivity index (χ3v) is 6.48. The van der Waals surface area contributed by atoms with Crippen molar-refractivity contribution in [2.75, 3.05) is 0 Å². The molecule has 0 saturated heterocycles. The molecule has 0 radical (unpaired) electrons. The number of nitrogens with zero attached hydrogens (tertiary/aromatic N) is 3. The van der Waals surface area contributed by atoms with Crippen LogP contribution in [0.4, 0.5) is 13.2 Å². The van der Waals surface area contributed by atoms with E-state index in [4.69, 9.17) is 0 Å². The Morgan fingerprint density at radius 3 is 2.50 bits per heavy atom. The Kier molecular flexibility index (Phi) is 5.97. The average Bonchev–Trinajstić information content (AvgIpc) is 3.10. The number of hydrogen-bond donors (Lipinski definition) is 0. The summed E-state index contributed by atoms with van der Waals surface area (Å²) in [6.45, 7) is 4.43. The van der Waals surface area contributed by atoms with Gasteiger partial charge in [-0.15, -0.1) is 11.3 Å². The van der Waals surface area contributed by atoms with Crippen LogP contribution < -0.4 is 0 Å². The van der Waals surface area contributed by atoms with Gasteiger partial charge in [0.15, 0.2) is 0 Å². The van der Waals surface area contributed by atoms with Gasteiger partial charge in [0.05, 0.1) is 4.88 Å². The standard InChI is InChI=1S/C24H20F3N3OS/c1-15-6-3-4-8-18(15)14-30(13-17-7-5-11-28-12-17)23(31)21-16(2)19-9-10-20(24(25,26)27)29-22(19)32-21/h3-12H,13-14H2,1-2H3. The molecular weight excluding hydrogens is 435 g/mol. The first-order chi connectivity index (χ1) is 15.2. The zero-order valence-electron chi connectivity index (χ0n) is 17.5. The van der Waals surface area contributed by atoms with Crippen molar-refractivity contribution in [3.05, 3.63) is 93.7 Å². The van der Waals surface area contributed by atoms with Gasteiger partial charge < -0.3 is 4.90 Å². The molecule has 4 aromatic rings. The molecule has 1 amide bonds. The lowest BCUT2D eigenvalue weighted by Crippen LogP contribution is -2.30. The molecule has 8 heteroatoms. The van der Waals surface area contributed by atoms with Gasteiger partial charge >= 0.3 is 6.18 Å². The van der Waals surface area contributed by atoms with E-state index < -0.39 is 11.9 Å². The number of fused-ring (bicyclic) bond motifs is 1. The highest BCUT2D eigenvalue weighted by Gasteiger charge is 2.33. The highest BCUT2D eigenvalue weighted by atomic mass is 32.1. The first-order valence-electron chi connectivity index (χ1n) is 9.94. The van der Waals surface area contributed by atoms with Crippen LogP contribution >= 0.6 is 11.3 Å². The van der Waals surface area contributed by atoms with E-state index >= 15 is 0 Å². The average molecular weight is 456 g/mol. The Morgan fingerprint density at radius 2 is 1.81 bits per heavy atom. The van der Waals surface area contributed by atoms with Crippen molar-refractivity contribution in [1.29, 1.82) is 0 Å². The molecule has 0 saturated carbocycles. The summed E-state index contributed by atoms with van der Waals surface area (Å²) in [7, 11) is 0. The first-order valence-corrected chi connectivity index (χ1v) is 10.8. The van der Waals surface area contributed by atoms with Crippen molar-refractivity contribution in [3.63, 3.8) is 0 Å². The fourth-order valence-electron chi connectivity index (χ4n) is 3.51. The van der Waals surface area contributed by atoms with Gasteiger partial charge in [0.25, 0.3) is 5.91 Å². The van der Waals surface area contributed by atoms with Crippen molar-refractivity contribution >= 4 is 27.5 Å². The second-order valence-corrected chi connectivity index (χ2v) is 8.55. The van der Waals surface area contributed by atoms with Crippen LogP contribution in [-0.2, 0) is 19.3 Å². The van der Waals surface area contributed by atoms with E-state index in [0.29, 0.717) is 28.9 Å². The van der Waals surface area contributed by atoms with Gasteiger partial charge in [0, 0.05) is 30.9 Å². The van der Waals surface area contributed by atoms with Crippen LogP contribution in [0.1, 0.15) is 37.6 Å². The summed E-state index contributed by atoms with van der Waals surface area (Å²) in [5.41, 5.74) is 2.60. The van der Waals surface area contributed by atoms with E-state index in [-0.39, 0.29) is 10.7 Å². The monoisotopic (exact) mass is 455 g/mol. The van der Waals surface area contributed by atoms with E-state index in [2.05, 4.69) is 9.97 Å². The minimum Gasteiger partial charge on any atom is -0.329 e. The van der Waals surface area contributed by atoms with Gasteiger partial charge in [-0.05, 0) is 54.3 Å². The summed E-state index contributed by atoms with van der Waals surface area (Å²) in [4.78, 5) is 23.8. The molecule has 1 aromatic carbocycles.